The highest BCUT2D eigenvalue weighted by Crippen LogP contribution is 2.37. The van der Waals surface area contributed by atoms with Crippen molar-refractivity contribution in [2.24, 2.45) is 0 Å². The van der Waals surface area contributed by atoms with Crippen molar-refractivity contribution in [3.8, 4) is 29.6 Å². The van der Waals surface area contributed by atoms with E-state index in [9.17, 15) is 8.78 Å². The van der Waals surface area contributed by atoms with Gasteiger partial charge >= 0.3 is 6.01 Å². The summed E-state index contributed by atoms with van der Waals surface area (Å²) < 4.78 is 50.4. The Labute approximate surface area is 242 Å². The summed E-state index contributed by atoms with van der Waals surface area (Å²) in [6, 6.07) is 8.36. The zero-order chi connectivity index (χ0) is 29.5. The van der Waals surface area contributed by atoms with Crippen molar-refractivity contribution in [2.45, 2.75) is 37.9 Å². The zero-order valence-corrected chi connectivity index (χ0v) is 23.7. The molecular weight excluding hydrogens is 541 g/mol. The summed E-state index contributed by atoms with van der Waals surface area (Å²) in [5.74, 6) is 1.65. The van der Waals surface area contributed by atoms with Crippen LogP contribution in [0.4, 0.5) is 19.0 Å². The van der Waals surface area contributed by atoms with Gasteiger partial charge in [0.1, 0.15) is 29.5 Å². The normalized spacial score (nSPS) is 21.8. The highest BCUT2D eigenvalue weighted by Gasteiger charge is 2.31. The summed E-state index contributed by atoms with van der Waals surface area (Å²) in [5, 5.41) is 4.94. The van der Waals surface area contributed by atoms with Gasteiger partial charge in [-0.3, -0.25) is 9.88 Å². The highest BCUT2D eigenvalue weighted by molar-refractivity contribution is 6.02. The number of aromatic nitrogens is 3. The van der Waals surface area contributed by atoms with Crippen LogP contribution in [0.1, 0.15) is 25.3 Å². The topological polar surface area (TPSA) is 66.4 Å². The predicted octanol–water partition coefficient (Wildman–Crippen LogP) is 5.23. The third kappa shape index (κ3) is 4.82. The molecule has 0 unspecified atom stereocenters. The lowest BCUT2D eigenvalue weighted by molar-refractivity contribution is 0.188. The fourth-order valence-corrected chi connectivity index (χ4v) is 6.17. The molecule has 4 aromatic rings. The molecule has 2 aliphatic rings. The Morgan fingerprint density at radius 2 is 2.07 bits per heavy atom. The van der Waals surface area contributed by atoms with Crippen LogP contribution in [0.3, 0.4) is 0 Å². The number of halogens is 3. The van der Waals surface area contributed by atoms with Gasteiger partial charge in [0, 0.05) is 48.9 Å². The van der Waals surface area contributed by atoms with E-state index >= 15 is 4.39 Å². The van der Waals surface area contributed by atoms with Crippen molar-refractivity contribution >= 4 is 27.5 Å². The Hall–Kier alpha value is -4.20. The number of rotatable bonds is 6. The zero-order valence-electron chi connectivity index (χ0n) is 23.7. The molecule has 4 heterocycles. The minimum Gasteiger partial charge on any atom is -0.462 e. The number of likely N-dealkylation sites (tertiary alicyclic amines) is 1. The second-order valence-corrected chi connectivity index (χ2v) is 11.0. The van der Waals surface area contributed by atoms with Gasteiger partial charge in [0.05, 0.1) is 17.3 Å². The number of anilines is 1. The molecule has 42 heavy (non-hydrogen) atoms. The van der Waals surface area contributed by atoms with E-state index in [1.165, 1.54) is 6.07 Å². The quantitative estimate of drug-likeness (QED) is 0.318. The molecule has 2 saturated heterocycles. The van der Waals surface area contributed by atoms with Crippen molar-refractivity contribution < 1.29 is 17.9 Å². The molecule has 2 aromatic carbocycles. The van der Waals surface area contributed by atoms with Gasteiger partial charge in [-0.25, -0.2) is 13.2 Å². The SMILES string of the molecule is C#Cc1c(F)ccc2cccc(-c3ncc4c(N(C)[C@@H]5CCN[C@@H]5C)nc(OC[C@H]5C/C(=C/F)CN5C)nc4c3F)c12. The maximum absolute atomic E-state index is 16.6. The van der Waals surface area contributed by atoms with Gasteiger partial charge in [-0.1, -0.05) is 30.2 Å². The van der Waals surface area contributed by atoms with Crippen LogP contribution in [0.15, 0.2) is 48.4 Å². The molecule has 7 nitrogen and oxygen atoms in total. The van der Waals surface area contributed by atoms with Crippen LogP contribution in [-0.4, -0.2) is 71.8 Å². The predicted molar refractivity (Wildman–Crippen MR) is 158 cm³/mol. The summed E-state index contributed by atoms with van der Waals surface area (Å²) in [6.07, 6.45) is 9.27. The van der Waals surface area contributed by atoms with Crippen molar-refractivity contribution in [1.29, 1.82) is 0 Å². The number of hydrogen-bond acceptors (Lipinski definition) is 7. The number of hydrogen-bond donors (Lipinski definition) is 1. The Bertz CT molecular complexity index is 1750. The van der Waals surface area contributed by atoms with Gasteiger partial charge in [0.2, 0.25) is 0 Å². The number of fused-ring (bicyclic) bond motifs is 2. The lowest BCUT2D eigenvalue weighted by atomic mass is 9.96. The Balaban J connectivity index is 1.49. The third-order valence-electron chi connectivity index (χ3n) is 8.49. The molecule has 0 radical (unpaired) electrons. The number of pyridine rings is 1. The second-order valence-electron chi connectivity index (χ2n) is 11.0. The molecule has 216 valence electrons. The molecule has 1 N–H and O–H groups in total. The first-order valence-electron chi connectivity index (χ1n) is 13.9. The summed E-state index contributed by atoms with van der Waals surface area (Å²) in [5.41, 5.74) is 1.12. The van der Waals surface area contributed by atoms with E-state index in [4.69, 9.17) is 16.1 Å². The fraction of sp³-hybridized carbons (Fsp3) is 0.344. The first-order chi connectivity index (χ1) is 20.3. The van der Waals surface area contributed by atoms with Crippen LogP contribution in [0.25, 0.3) is 32.9 Å². The van der Waals surface area contributed by atoms with Gasteiger partial charge in [0.25, 0.3) is 0 Å². The second kappa shape index (κ2) is 11.2. The number of terminal acetylenes is 1. The van der Waals surface area contributed by atoms with Gasteiger partial charge in [-0.2, -0.15) is 9.97 Å². The maximum atomic E-state index is 16.6. The average molecular weight is 573 g/mol. The Kier molecular flexibility index (Phi) is 7.47. The average Bonchev–Trinajstić information content (AvgIpc) is 3.59. The van der Waals surface area contributed by atoms with Crippen LogP contribution in [0.5, 0.6) is 6.01 Å². The number of nitrogens with zero attached hydrogens (tertiary/aromatic N) is 5. The smallest absolute Gasteiger partial charge is 0.319 e. The first-order valence-corrected chi connectivity index (χ1v) is 13.9. The van der Waals surface area contributed by atoms with Gasteiger partial charge in [0.15, 0.2) is 5.82 Å². The summed E-state index contributed by atoms with van der Waals surface area (Å²) in [7, 11) is 3.82. The lowest BCUT2D eigenvalue weighted by Gasteiger charge is -2.29. The molecule has 0 spiro atoms. The molecule has 2 aromatic heterocycles. The third-order valence-corrected chi connectivity index (χ3v) is 8.49. The molecule has 0 bridgehead atoms. The molecule has 2 fully saturated rings. The summed E-state index contributed by atoms with van der Waals surface area (Å²) >= 11 is 0. The first kappa shape index (κ1) is 27.9. The number of ether oxygens (including phenoxy) is 1. The molecule has 2 aliphatic heterocycles. The molecule has 0 saturated carbocycles. The van der Waals surface area contributed by atoms with Crippen LogP contribution in [-0.2, 0) is 0 Å². The van der Waals surface area contributed by atoms with Crippen molar-refractivity contribution in [1.82, 2.24) is 25.2 Å². The van der Waals surface area contributed by atoms with E-state index in [0.29, 0.717) is 52.4 Å². The van der Waals surface area contributed by atoms with Crippen molar-refractivity contribution in [3.63, 3.8) is 0 Å². The van der Waals surface area contributed by atoms with E-state index < -0.39 is 11.6 Å². The molecule has 0 amide bonds. The van der Waals surface area contributed by atoms with E-state index in [-0.39, 0.29) is 47.5 Å². The maximum Gasteiger partial charge on any atom is 0.319 e. The Morgan fingerprint density at radius 3 is 2.79 bits per heavy atom. The van der Waals surface area contributed by atoms with Crippen LogP contribution < -0.4 is 15.0 Å². The molecule has 6 rings (SSSR count). The van der Waals surface area contributed by atoms with Gasteiger partial charge in [-0.15, -0.1) is 6.42 Å². The van der Waals surface area contributed by atoms with E-state index in [0.717, 1.165) is 13.0 Å². The van der Waals surface area contributed by atoms with Crippen LogP contribution in [0, 0.1) is 24.0 Å². The number of benzene rings is 2. The van der Waals surface area contributed by atoms with Crippen molar-refractivity contribution in [3.05, 3.63) is 65.6 Å². The molecular formula is C32H31F3N6O. The lowest BCUT2D eigenvalue weighted by Crippen LogP contribution is -2.40. The van der Waals surface area contributed by atoms with Crippen LogP contribution in [0.2, 0.25) is 0 Å². The standard InChI is InChI=1S/C32H31F3N6O/c1-5-22-25(34)10-9-20-7-6-8-23(27(20)22)29-28(35)30-24(15-37-29)31(41(4)26-11-12-36-18(26)2)39-32(38-30)42-17-21-13-19(14-33)16-40(21)3/h1,6-10,14-15,18,21,26,36H,11-13,16-17H2,2-4H3/b19-14-/t18-,21-,26-/m1/s1. The monoisotopic (exact) mass is 572 g/mol. The minimum absolute atomic E-state index is 0.00222. The number of nitrogens with one attached hydrogen (secondary N) is 1. The fourth-order valence-electron chi connectivity index (χ4n) is 6.17. The minimum atomic E-state index is -0.688. The molecule has 0 aliphatic carbocycles. The number of likely N-dealkylation sites (N-methyl/N-ethyl adjacent to an activating group) is 2. The largest absolute Gasteiger partial charge is 0.462 e. The van der Waals surface area contributed by atoms with Gasteiger partial charge in [-0.05, 0) is 50.4 Å². The van der Waals surface area contributed by atoms with E-state index in [1.54, 1.807) is 30.5 Å². The molecule has 3 atom stereocenters. The van der Waals surface area contributed by atoms with Crippen molar-refractivity contribution in [2.75, 3.05) is 38.7 Å². The van der Waals surface area contributed by atoms with E-state index in [2.05, 4.69) is 28.1 Å². The summed E-state index contributed by atoms with van der Waals surface area (Å²) in [4.78, 5) is 17.7. The Morgan fingerprint density at radius 1 is 1.24 bits per heavy atom. The molecule has 10 heteroatoms. The summed E-state index contributed by atoms with van der Waals surface area (Å²) in [6.45, 7) is 3.67. The highest BCUT2D eigenvalue weighted by atomic mass is 19.1. The van der Waals surface area contributed by atoms with Crippen LogP contribution >= 0.6 is 0 Å². The van der Waals surface area contributed by atoms with E-state index in [1.807, 2.05) is 23.9 Å². The van der Waals surface area contributed by atoms with Gasteiger partial charge < -0.3 is 15.0 Å².